The molecule has 7 heteroatoms. The lowest BCUT2D eigenvalue weighted by molar-refractivity contribution is 0.601. The van der Waals surface area contributed by atoms with Crippen molar-refractivity contribution in [3.63, 3.8) is 0 Å². The zero-order chi connectivity index (χ0) is 8.48. The largest absolute Gasteiger partial charge is 0.280 e. The predicted molar refractivity (Wildman–Crippen MR) is 49.3 cm³/mol. The van der Waals surface area contributed by atoms with E-state index >= 15 is 0 Å². The van der Waals surface area contributed by atoms with Gasteiger partial charge in [-0.15, -0.1) is 0 Å². The van der Waals surface area contributed by atoms with Crippen LogP contribution < -0.4 is 0 Å². The van der Waals surface area contributed by atoms with Crippen LogP contribution in [0.3, 0.4) is 0 Å². The number of rotatable bonds is 2. The molecule has 0 bridgehead atoms. The summed E-state index contributed by atoms with van der Waals surface area (Å²) in [5, 5.41) is 3.59. The van der Waals surface area contributed by atoms with Crippen molar-refractivity contribution >= 4 is 42.3 Å². The van der Waals surface area contributed by atoms with Gasteiger partial charge in [0, 0.05) is 16.9 Å². The summed E-state index contributed by atoms with van der Waals surface area (Å²) < 4.78 is 23.4. The van der Waals surface area contributed by atoms with Gasteiger partial charge in [0.15, 0.2) is 5.03 Å². The summed E-state index contributed by atoms with van der Waals surface area (Å²) in [4.78, 5) is 0. The van der Waals surface area contributed by atoms with Crippen LogP contribution in [0.1, 0.15) is 0 Å². The average Bonchev–Trinajstić information content (AvgIpc) is 2.32. The molecule has 1 rings (SSSR count). The Morgan fingerprint density at radius 1 is 1.73 bits per heavy atom. The lowest BCUT2D eigenvalue weighted by Crippen LogP contribution is -1.96. The minimum atomic E-state index is -3.66. The zero-order valence-corrected chi connectivity index (χ0v) is 8.97. The summed E-state index contributed by atoms with van der Waals surface area (Å²) in [5.74, 6) is 0. The van der Waals surface area contributed by atoms with E-state index in [0.717, 1.165) is 0 Å². The molecular weight excluding hydrogens is 302 g/mol. The highest BCUT2D eigenvalue weighted by Crippen LogP contribution is 2.11. The topological polar surface area (TPSA) is 52.0 Å². The van der Waals surface area contributed by atoms with Crippen molar-refractivity contribution in [2.45, 2.75) is 9.58 Å². The van der Waals surface area contributed by atoms with Crippen molar-refractivity contribution in [1.29, 1.82) is 0 Å². The van der Waals surface area contributed by atoms with Crippen LogP contribution in [-0.4, -0.2) is 18.2 Å². The maximum Gasteiger partial charge on any atom is 0.280 e. The SMILES string of the molecule is O=S(=O)(Cl)c1ccn(CI)n1. The lowest BCUT2D eigenvalue weighted by Gasteiger charge is -1.89. The molecule has 0 aliphatic carbocycles. The van der Waals surface area contributed by atoms with Gasteiger partial charge in [-0.2, -0.15) is 5.10 Å². The molecule has 1 heterocycles. The summed E-state index contributed by atoms with van der Waals surface area (Å²) in [6.07, 6.45) is 1.56. The van der Waals surface area contributed by atoms with Crippen LogP contribution in [0.2, 0.25) is 0 Å². The third-order valence-electron chi connectivity index (χ3n) is 0.988. The molecule has 1 aromatic rings. The van der Waals surface area contributed by atoms with Crippen molar-refractivity contribution < 1.29 is 8.42 Å². The van der Waals surface area contributed by atoms with E-state index in [1.54, 1.807) is 6.20 Å². The van der Waals surface area contributed by atoms with Gasteiger partial charge in [0.25, 0.3) is 9.05 Å². The first-order chi connectivity index (χ1) is 5.04. The maximum absolute atomic E-state index is 10.6. The van der Waals surface area contributed by atoms with Gasteiger partial charge in [0.2, 0.25) is 0 Å². The van der Waals surface area contributed by atoms with Crippen LogP contribution in [0.4, 0.5) is 0 Å². The molecule has 0 amide bonds. The predicted octanol–water partition coefficient (Wildman–Crippen LogP) is 1.20. The fourth-order valence-corrected chi connectivity index (χ4v) is 1.59. The highest BCUT2D eigenvalue weighted by atomic mass is 127. The minimum Gasteiger partial charge on any atom is -0.262 e. The Morgan fingerprint density at radius 2 is 2.36 bits per heavy atom. The van der Waals surface area contributed by atoms with Crippen molar-refractivity contribution in [3.05, 3.63) is 12.3 Å². The Bertz CT molecular complexity index is 347. The Hall–Kier alpha value is 0.180. The molecule has 0 saturated heterocycles. The molecule has 0 saturated carbocycles. The number of halogens is 2. The van der Waals surface area contributed by atoms with Gasteiger partial charge < -0.3 is 0 Å². The average molecular weight is 307 g/mol. The first kappa shape index (κ1) is 9.27. The number of hydrogen-bond donors (Lipinski definition) is 0. The smallest absolute Gasteiger partial charge is 0.262 e. The van der Waals surface area contributed by atoms with Gasteiger partial charge >= 0.3 is 0 Å². The fraction of sp³-hybridized carbons (Fsp3) is 0.250. The molecule has 11 heavy (non-hydrogen) atoms. The number of nitrogens with zero attached hydrogens (tertiary/aromatic N) is 2. The molecule has 0 atom stereocenters. The molecule has 0 radical (unpaired) electrons. The van der Waals surface area contributed by atoms with Gasteiger partial charge in [-0.05, 0) is 6.07 Å². The Labute approximate surface area is 82.1 Å². The number of hydrogen-bond acceptors (Lipinski definition) is 3. The first-order valence-corrected chi connectivity index (χ1v) is 6.41. The molecule has 0 unspecified atom stereocenters. The highest BCUT2D eigenvalue weighted by Gasteiger charge is 2.12. The van der Waals surface area contributed by atoms with Gasteiger partial charge in [-0.1, -0.05) is 22.6 Å². The van der Waals surface area contributed by atoms with E-state index in [9.17, 15) is 8.42 Å². The fourth-order valence-electron chi connectivity index (χ4n) is 0.540. The summed E-state index contributed by atoms with van der Waals surface area (Å²) in [6, 6.07) is 1.36. The van der Waals surface area contributed by atoms with E-state index in [0.29, 0.717) is 4.55 Å². The van der Waals surface area contributed by atoms with Crippen molar-refractivity contribution in [3.8, 4) is 0 Å². The number of aromatic nitrogens is 2. The Balaban J connectivity index is 3.09. The van der Waals surface area contributed by atoms with Crippen LogP contribution in [0.5, 0.6) is 0 Å². The van der Waals surface area contributed by atoms with Crippen LogP contribution in [0.25, 0.3) is 0 Å². The zero-order valence-electron chi connectivity index (χ0n) is 5.24. The summed E-state index contributed by atoms with van der Waals surface area (Å²) in [6.45, 7) is 0. The van der Waals surface area contributed by atoms with E-state index in [1.807, 2.05) is 0 Å². The van der Waals surface area contributed by atoms with Gasteiger partial charge in [-0.25, -0.2) is 8.42 Å². The second-order valence-electron chi connectivity index (χ2n) is 1.75. The normalized spacial score (nSPS) is 11.8. The molecule has 0 spiro atoms. The Kier molecular flexibility index (Phi) is 2.76. The lowest BCUT2D eigenvalue weighted by atomic mass is 10.7. The quantitative estimate of drug-likeness (QED) is 0.469. The van der Waals surface area contributed by atoms with Crippen LogP contribution in [0, 0.1) is 0 Å². The second kappa shape index (κ2) is 3.28. The number of alkyl halides is 1. The summed E-state index contributed by atoms with van der Waals surface area (Å²) in [7, 11) is 1.37. The molecule has 0 aromatic carbocycles. The molecular formula is C4H4ClIN2O2S. The maximum atomic E-state index is 10.6. The molecule has 0 aliphatic rings. The van der Waals surface area contributed by atoms with E-state index < -0.39 is 9.05 Å². The molecule has 0 fully saturated rings. The highest BCUT2D eigenvalue weighted by molar-refractivity contribution is 14.1. The molecule has 1 aromatic heterocycles. The molecule has 62 valence electrons. The van der Waals surface area contributed by atoms with Gasteiger partial charge in [-0.3, -0.25) is 4.68 Å². The summed E-state index contributed by atoms with van der Waals surface area (Å²) >= 11 is 2.06. The van der Waals surface area contributed by atoms with Crippen molar-refractivity contribution in [2.75, 3.05) is 0 Å². The van der Waals surface area contributed by atoms with E-state index in [4.69, 9.17) is 10.7 Å². The van der Waals surface area contributed by atoms with Crippen molar-refractivity contribution in [1.82, 2.24) is 9.78 Å². The van der Waals surface area contributed by atoms with Crippen LogP contribution in [-0.2, 0) is 13.6 Å². The van der Waals surface area contributed by atoms with Crippen molar-refractivity contribution in [2.24, 2.45) is 0 Å². The van der Waals surface area contributed by atoms with E-state index in [1.165, 1.54) is 10.7 Å². The van der Waals surface area contributed by atoms with Crippen LogP contribution in [0.15, 0.2) is 17.3 Å². The van der Waals surface area contributed by atoms with E-state index in [2.05, 4.69) is 27.7 Å². The standard InChI is InChI=1S/C4H4ClIN2O2S/c5-11(9,10)4-1-2-8(3-6)7-4/h1-2H,3H2. The third kappa shape index (κ3) is 2.31. The summed E-state index contributed by atoms with van der Waals surface area (Å²) in [5.41, 5.74) is 0. The first-order valence-electron chi connectivity index (χ1n) is 2.58. The minimum absolute atomic E-state index is 0.101. The molecule has 0 aliphatic heterocycles. The van der Waals surface area contributed by atoms with E-state index in [-0.39, 0.29) is 5.03 Å². The molecule has 0 N–H and O–H groups in total. The van der Waals surface area contributed by atoms with Gasteiger partial charge in [0.1, 0.15) is 0 Å². The van der Waals surface area contributed by atoms with Crippen LogP contribution >= 0.6 is 33.3 Å². The molecule has 4 nitrogen and oxygen atoms in total. The van der Waals surface area contributed by atoms with Gasteiger partial charge in [0.05, 0.1) is 4.55 Å². The Morgan fingerprint density at radius 3 is 2.64 bits per heavy atom. The third-order valence-corrected chi connectivity index (χ3v) is 2.88. The monoisotopic (exact) mass is 306 g/mol. The second-order valence-corrected chi connectivity index (χ2v) is 4.95.